The Morgan fingerprint density at radius 2 is 2.20 bits per heavy atom. The number of nitrogens with zero attached hydrogens (tertiary/aromatic N) is 3. The van der Waals surface area contributed by atoms with E-state index in [9.17, 15) is 0 Å². The lowest BCUT2D eigenvalue weighted by atomic mass is 9.98. The molecule has 1 aliphatic heterocycles. The second-order valence-electron chi connectivity index (χ2n) is 5.46. The summed E-state index contributed by atoms with van der Waals surface area (Å²) in [5.74, 6) is 0. The van der Waals surface area contributed by atoms with Crippen LogP contribution in [0.15, 0.2) is 30.6 Å². The minimum absolute atomic E-state index is 0.907. The Hall–Kier alpha value is -1.81. The number of anilines is 1. The van der Waals surface area contributed by atoms with Crippen molar-refractivity contribution in [3.8, 4) is 11.1 Å². The molecule has 0 saturated heterocycles. The van der Waals surface area contributed by atoms with Crippen LogP contribution in [0, 0.1) is 0 Å². The van der Waals surface area contributed by atoms with Gasteiger partial charge in [0.25, 0.3) is 0 Å². The van der Waals surface area contributed by atoms with Crippen LogP contribution in [0.25, 0.3) is 11.1 Å². The SMILES string of the molecule is CNCCn1cc(-c2ccc3c(c2)CCCN3C)cn1. The summed E-state index contributed by atoms with van der Waals surface area (Å²) in [6, 6.07) is 6.78. The quantitative estimate of drug-likeness (QED) is 0.924. The highest BCUT2D eigenvalue weighted by Gasteiger charge is 2.14. The van der Waals surface area contributed by atoms with E-state index in [0.717, 1.165) is 19.6 Å². The van der Waals surface area contributed by atoms with Crippen LogP contribution in [-0.4, -0.2) is 37.0 Å². The van der Waals surface area contributed by atoms with Crippen LogP contribution >= 0.6 is 0 Å². The number of aryl methyl sites for hydroxylation is 1. The Labute approximate surface area is 120 Å². The summed E-state index contributed by atoms with van der Waals surface area (Å²) in [4.78, 5) is 2.35. The number of likely N-dealkylation sites (N-methyl/N-ethyl adjacent to an activating group) is 1. The van der Waals surface area contributed by atoms with Crippen molar-refractivity contribution in [3.63, 3.8) is 0 Å². The van der Waals surface area contributed by atoms with Gasteiger partial charge in [0.15, 0.2) is 0 Å². The lowest BCUT2D eigenvalue weighted by molar-refractivity contribution is 0.585. The maximum absolute atomic E-state index is 4.42. The van der Waals surface area contributed by atoms with Crippen molar-refractivity contribution in [2.75, 3.05) is 32.1 Å². The van der Waals surface area contributed by atoms with Crippen molar-refractivity contribution in [1.82, 2.24) is 15.1 Å². The van der Waals surface area contributed by atoms with Gasteiger partial charge in [0.2, 0.25) is 0 Å². The molecule has 0 spiro atoms. The monoisotopic (exact) mass is 270 g/mol. The van der Waals surface area contributed by atoms with Gasteiger partial charge < -0.3 is 10.2 Å². The van der Waals surface area contributed by atoms with E-state index < -0.39 is 0 Å². The lowest BCUT2D eigenvalue weighted by Crippen LogP contribution is -2.24. The first-order chi connectivity index (χ1) is 9.78. The fraction of sp³-hybridized carbons (Fsp3) is 0.438. The maximum Gasteiger partial charge on any atom is 0.0568 e. The largest absolute Gasteiger partial charge is 0.374 e. The third-order valence-electron chi connectivity index (χ3n) is 3.99. The molecule has 0 saturated carbocycles. The van der Waals surface area contributed by atoms with Gasteiger partial charge in [-0.05, 0) is 43.1 Å². The highest BCUT2D eigenvalue weighted by molar-refractivity contribution is 5.68. The zero-order valence-corrected chi connectivity index (χ0v) is 12.3. The fourth-order valence-electron chi connectivity index (χ4n) is 2.83. The summed E-state index contributed by atoms with van der Waals surface area (Å²) in [5, 5.41) is 7.57. The first kappa shape index (κ1) is 13.2. The predicted molar refractivity (Wildman–Crippen MR) is 83.2 cm³/mol. The van der Waals surface area contributed by atoms with Gasteiger partial charge in [0.05, 0.1) is 12.7 Å². The fourth-order valence-corrected chi connectivity index (χ4v) is 2.83. The topological polar surface area (TPSA) is 33.1 Å². The molecule has 0 fully saturated rings. The van der Waals surface area contributed by atoms with Crippen LogP contribution < -0.4 is 10.2 Å². The lowest BCUT2D eigenvalue weighted by Gasteiger charge is -2.27. The van der Waals surface area contributed by atoms with Crippen molar-refractivity contribution in [2.45, 2.75) is 19.4 Å². The molecule has 4 heteroatoms. The van der Waals surface area contributed by atoms with Crippen molar-refractivity contribution < 1.29 is 0 Å². The van der Waals surface area contributed by atoms with Gasteiger partial charge in [0, 0.05) is 37.6 Å². The number of benzene rings is 1. The molecule has 4 nitrogen and oxygen atoms in total. The molecule has 2 aromatic rings. The summed E-state index contributed by atoms with van der Waals surface area (Å²) in [7, 11) is 4.14. The molecule has 0 unspecified atom stereocenters. The minimum atomic E-state index is 0.907. The van der Waals surface area contributed by atoms with Crippen molar-refractivity contribution >= 4 is 5.69 Å². The molecule has 1 aromatic heterocycles. The number of nitrogens with one attached hydrogen (secondary N) is 1. The minimum Gasteiger partial charge on any atom is -0.374 e. The number of rotatable bonds is 4. The Morgan fingerprint density at radius 1 is 1.30 bits per heavy atom. The number of hydrogen-bond acceptors (Lipinski definition) is 3. The van der Waals surface area contributed by atoms with Gasteiger partial charge >= 0.3 is 0 Å². The smallest absolute Gasteiger partial charge is 0.0568 e. The molecular formula is C16H22N4. The summed E-state index contributed by atoms with van der Waals surface area (Å²) >= 11 is 0. The van der Waals surface area contributed by atoms with Crippen LogP contribution in [0.1, 0.15) is 12.0 Å². The molecular weight excluding hydrogens is 248 g/mol. The summed E-state index contributed by atoms with van der Waals surface area (Å²) in [5.41, 5.74) is 5.31. The molecule has 1 aliphatic rings. The number of hydrogen-bond donors (Lipinski definition) is 1. The van der Waals surface area contributed by atoms with E-state index >= 15 is 0 Å². The predicted octanol–water partition coefficient (Wildman–Crippen LogP) is 2.15. The molecule has 0 bridgehead atoms. The highest BCUT2D eigenvalue weighted by atomic mass is 15.3. The molecule has 0 atom stereocenters. The molecule has 106 valence electrons. The molecule has 2 heterocycles. The first-order valence-corrected chi connectivity index (χ1v) is 7.29. The van der Waals surface area contributed by atoms with Crippen molar-refractivity contribution in [3.05, 3.63) is 36.2 Å². The molecule has 0 amide bonds. The van der Waals surface area contributed by atoms with Gasteiger partial charge in [-0.1, -0.05) is 6.07 Å². The Balaban J connectivity index is 1.85. The average molecular weight is 270 g/mol. The normalized spacial score (nSPS) is 14.4. The molecule has 3 rings (SSSR count). The van der Waals surface area contributed by atoms with Crippen molar-refractivity contribution in [2.24, 2.45) is 0 Å². The van der Waals surface area contributed by atoms with Gasteiger partial charge in [-0.3, -0.25) is 4.68 Å². The molecule has 0 aliphatic carbocycles. The van der Waals surface area contributed by atoms with Crippen LogP contribution in [0.5, 0.6) is 0 Å². The second kappa shape index (κ2) is 5.67. The van der Waals surface area contributed by atoms with E-state index in [1.165, 1.54) is 35.2 Å². The Kier molecular flexibility index (Phi) is 3.74. The van der Waals surface area contributed by atoms with E-state index in [2.05, 4.69) is 46.8 Å². The average Bonchev–Trinajstić information content (AvgIpc) is 2.94. The first-order valence-electron chi connectivity index (χ1n) is 7.29. The van der Waals surface area contributed by atoms with Gasteiger partial charge in [-0.25, -0.2) is 0 Å². The molecule has 0 radical (unpaired) electrons. The van der Waals surface area contributed by atoms with E-state index in [4.69, 9.17) is 0 Å². The Bertz CT molecular complexity index is 588. The van der Waals surface area contributed by atoms with Crippen LogP contribution in [-0.2, 0) is 13.0 Å². The Morgan fingerprint density at radius 3 is 3.05 bits per heavy atom. The third-order valence-corrected chi connectivity index (χ3v) is 3.99. The van der Waals surface area contributed by atoms with E-state index in [1.807, 2.05) is 17.9 Å². The van der Waals surface area contributed by atoms with Gasteiger partial charge in [0.1, 0.15) is 0 Å². The van der Waals surface area contributed by atoms with E-state index in [-0.39, 0.29) is 0 Å². The van der Waals surface area contributed by atoms with E-state index in [1.54, 1.807) is 0 Å². The van der Waals surface area contributed by atoms with Crippen LogP contribution in [0.2, 0.25) is 0 Å². The zero-order chi connectivity index (χ0) is 13.9. The molecule has 1 N–H and O–H groups in total. The number of aromatic nitrogens is 2. The summed E-state index contributed by atoms with van der Waals surface area (Å²) in [6.07, 6.45) is 6.52. The van der Waals surface area contributed by atoms with E-state index in [0.29, 0.717) is 0 Å². The molecule has 20 heavy (non-hydrogen) atoms. The number of fused-ring (bicyclic) bond motifs is 1. The van der Waals surface area contributed by atoms with Crippen LogP contribution in [0.3, 0.4) is 0 Å². The van der Waals surface area contributed by atoms with Gasteiger partial charge in [-0.2, -0.15) is 5.10 Å². The standard InChI is InChI=1S/C16H22N4/c1-17-7-9-20-12-15(11-18-20)13-5-6-16-14(10-13)4-3-8-19(16)2/h5-6,10-12,17H,3-4,7-9H2,1-2H3. The summed E-state index contributed by atoms with van der Waals surface area (Å²) in [6.45, 7) is 3.01. The van der Waals surface area contributed by atoms with Gasteiger partial charge in [-0.15, -0.1) is 0 Å². The summed E-state index contributed by atoms with van der Waals surface area (Å²) < 4.78 is 2.00. The second-order valence-corrected chi connectivity index (χ2v) is 5.46. The highest BCUT2D eigenvalue weighted by Crippen LogP contribution is 2.30. The maximum atomic E-state index is 4.42. The third kappa shape index (κ3) is 2.56. The van der Waals surface area contributed by atoms with Crippen molar-refractivity contribution in [1.29, 1.82) is 0 Å². The zero-order valence-electron chi connectivity index (χ0n) is 12.3. The van der Waals surface area contributed by atoms with Crippen LogP contribution in [0.4, 0.5) is 5.69 Å². The molecule has 1 aromatic carbocycles.